The van der Waals surface area contributed by atoms with Gasteiger partial charge in [-0.3, -0.25) is 4.90 Å². The molecule has 2 aromatic carbocycles. The molecule has 0 saturated heterocycles. The van der Waals surface area contributed by atoms with Gasteiger partial charge in [-0.25, -0.2) is 4.79 Å². The standard InChI is InChI=1S/C24H28N2O5/c1-5-26-11-10-17-16-8-6-7-9-18(16)25-22(17)19(26)14-31-24(27)15-12-20(28-2)23(30-4)21(13-15)29-3/h6-9,12-13,19,25H,5,10-11,14H2,1-4H3. The van der Waals surface area contributed by atoms with Crippen LogP contribution in [0.1, 0.15) is 34.6 Å². The summed E-state index contributed by atoms with van der Waals surface area (Å²) < 4.78 is 21.8. The van der Waals surface area contributed by atoms with Crippen molar-refractivity contribution in [3.8, 4) is 17.2 Å². The third-order valence-electron chi connectivity index (χ3n) is 5.95. The van der Waals surface area contributed by atoms with E-state index in [1.165, 1.54) is 32.3 Å². The number of hydrogen-bond donors (Lipinski definition) is 1. The molecule has 164 valence electrons. The molecule has 31 heavy (non-hydrogen) atoms. The molecule has 0 radical (unpaired) electrons. The van der Waals surface area contributed by atoms with Crippen molar-refractivity contribution in [2.24, 2.45) is 0 Å². The summed E-state index contributed by atoms with van der Waals surface area (Å²) in [6.07, 6.45) is 0.977. The fourth-order valence-corrected chi connectivity index (χ4v) is 4.37. The van der Waals surface area contributed by atoms with Gasteiger partial charge in [-0.05, 0) is 36.7 Å². The van der Waals surface area contributed by atoms with Gasteiger partial charge in [0.2, 0.25) is 5.75 Å². The smallest absolute Gasteiger partial charge is 0.338 e. The minimum Gasteiger partial charge on any atom is -0.493 e. The van der Waals surface area contributed by atoms with Gasteiger partial charge >= 0.3 is 5.97 Å². The molecule has 1 aliphatic rings. The first-order chi connectivity index (χ1) is 15.1. The second-order valence-corrected chi connectivity index (χ2v) is 7.47. The van der Waals surface area contributed by atoms with Crippen LogP contribution in [0.4, 0.5) is 0 Å². The molecular formula is C24H28N2O5. The molecule has 0 aliphatic carbocycles. The normalized spacial score (nSPS) is 16.1. The van der Waals surface area contributed by atoms with E-state index in [2.05, 4.69) is 35.0 Å². The molecule has 1 aromatic heterocycles. The van der Waals surface area contributed by atoms with Crippen molar-refractivity contribution in [1.82, 2.24) is 9.88 Å². The van der Waals surface area contributed by atoms with Crippen molar-refractivity contribution in [1.29, 1.82) is 0 Å². The van der Waals surface area contributed by atoms with E-state index in [-0.39, 0.29) is 12.6 Å². The molecule has 1 N–H and O–H groups in total. The summed E-state index contributed by atoms with van der Waals surface area (Å²) in [5.41, 5.74) is 3.91. The highest BCUT2D eigenvalue weighted by atomic mass is 16.5. The fourth-order valence-electron chi connectivity index (χ4n) is 4.37. The Hall–Kier alpha value is -3.19. The molecule has 0 spiro atoms. The monoisotopic (exact) mass is 424 g/mol. The van der Waals surface area contributed by atoms with Gasteiger partial charge in [0.15, 0.2) is 11.5 Å². The van der Waals surface area contributed by atoms with Gasteiger partial charge in [0, 0.05) is 23.1 Å². The predicted octanol–water partition coefficient (Wildman–Crippen LogP) is 3.97. The van der Waals surface area contributed by atoms with E-state index < -0.39 is 5.97 Å². The minimum absolute atomic E-state index is 0.0212. The van der Waals surface area contributed by atoms with Crippen LogP contribution >= 0.6 is 0 Å². The van der Waals surface area contributed by atoms with Crippen LogP contribution in [0.15, 0.2) is 36.4 Å². The topological polar surface area (TPSA) is 73.0 Å². The molecule has 0 fully saturated rings. The Morgan fingerprint density at radius 3 is 2.45 bits per heavy atom. The third kappa shape index (κ3) is 3.81. The quantitative estimate of drug-likeness (QED) is 0.579. The van der Waals surface area contributed by atoms with Gasteiger partial charge in [-0.15, -0.1) is 0 Å². The number of aromatic amines is 1. The average molecular weight is 424 g/mol. The van der Waals surface area contributed by atoms with Crippen LogP contribution < -0.4 is 14.2 Å². The summed E-state index contributed by atoms with van der Waals surface area (Å²) in [4.78, 5) is 18.8. The summed E-state index contributed by atoms with van der Waals surface area (Å²) in [6, 6.07) is 11.5. The van der Waals surface area contributed by atoms with E-state index in [9.17, 15) is 4.79 Å². The zero-order valence-corrected chi connectivity index (χ0v) is 18.4. The van der Waals surface area contributed by atoms with Crippen molar-refractivity contribution < 1.29 is 23.7 Å². The number of nitrogens with one attached hydrogen (secondary N) is 1. The molecule has 4 rings (SSSR count). The van der Waals surface area contributed by atoms with Crippen LogP contribution in [-0.4, -0.2) is 56.9 Å². The number of methoxy groups -OCH3 is 3. The SMILES string of the molecule is CCN1CCc2c([nH]c3ccccc23)C1COC(=O)c1cc(OC)c(OC)c(OC)c1. The average Bonchev–Trinajstić information content (AvgIpc) is 3.20. The number of likely N-dealkylation sites (N-methyl/N-ethyl adjacent to an activating group) is 1. The number of fused-ring (bicyclic) bond motifs is 3. The maximum absolute atomic E-state index is 12.9. The summed E-state index contributed by atoms with van der Waals surface area (Å²) in [5.74, 6) is 0.839. The Labute approximate surface area is 181 Å². The molecule has 2 heterocycles. The Bertz CT molecular complexity index is 1070. The van der Waals surface area contributed by atoms with Gasteiger partial charge in [0.05, 0.1) is 32.9 Å². The van der Waals surface area contributed by atoms with E-state index in [1.807, 2.05) is 6.07 Å². The highest BCUT2D eigenvalue weighted by molar-refractivity contribution is 5.91. The zero-order valence-electron chi connectivity index (χ0n) is 18.4. The van der Waals surface area contributed by atoms with Gasteiger partial charge in [0.1, 0.15) is 6.61 Å². The molecule has 0 saturated carbocycles. The van der Waals surface area contributed by atoms with Gasteiger partial charge in [-0.2, -0.15) is 0 Å². The number of carbonyl (C=O) groups excluding carboxylic acids is 1. The predicted molar refractivity (Wildman–Crippen MR) is 118 cm³/mol. The van der Waals surface area contributed by atoms with E-state index in [1.54, 1.807) is 12.1 Å². The van der Waals surface area contributed by atoms with Gasteiger partial charge in [0.25, 0.3) is 0 Å². The van der Waals surface area contributed by atoms with Crippen LogP contribution in [-0.2, 0) is 11.2 Å². The van der Waals surface area contributed by atoms with E-state index in [0.29, 0.717) is 22.8 Å². The lowest BCUT2D eigenvalue weighted by Gasteiger charge is -2.34. The van der Waals surface area contributed by atoms with Crippen LogP contribution in [0.3, 0.4) is 0 Å². The van der Waals surface area contributed by atoms with Gasteiger partial charge in [-0.1, -0.05) is 25.1 Å². The summed E-state index contributed by atoms with van der Waals surface area (Å²) in [6.45, 7) is 4.18. The Kier molecular flexibility index (Phi) is 6.04. The lowest BCUT2D eigenvalue weighted by atomic mass is 9.97. The Balaban J connectivity index is 1.59. The lowest BCUT2D eigenvalue weighted by Crippen LogP contribution is -2.38. The number of esters is 1. The zero-order chi connectivity index (χ0) is 22.0. The highest BCUT2D eigenvalue weighted by Crippen LogP contribution is 2.39. The number of H-pyrrole nitrogens is 1. The van der Waals surface area contributed by atoms with Crippen molar-refractivity contribution in [2.75, 3.05) is 41.0 Å². The number of para-hydroxylation sites is 1. The molecule has 1 atom stereocenters. The number of hydrogen-bond acceptors (Lipinski definition) is 6. The fraction of sp³-hybridized carbons (Fsp3) is 0.375. The first-order valence-electron chi connectivity index (χ1n) is 10.4. The van der Waals surface area contributed by atoms with Crippen molar-refractivity contribution in [3.05, 3.63) is 53.2 Å². The lowest BCUT2D eigenvalue weighted by molar-refractivity contribution is 0.0331. The molecule has 7 heteroatoms. The first-order valence-corrected chi connectivity index (χ1v) is 10.4. The number of aromatic nitrogens is 1. The van der Waals surface area contributed by atoms with Gasteiger partial charge < -0.3 is 23.9 Å². The van der Waals surface area contributed by atoms with E-state index in [0.717, 1.165) is 30.7 Å². The summed E-state index contributed by atoms with van der Waals surface area (Å²) in [5, 5.41) is 1.24. The largest absolute Gasteiger partial charge is 0.493 e. The molecule has 1 aliphatic heterocycles. The maximum atomic E-state index is 12.9. The van der Waals surface area contributed by atoms with Crippen LogP contribution in [0.5, 0.6) is 17.2 Å². The molecule has 0 bridgehead atoms. The molecular weight excluding hydrogens is 396 g/mol. The molecule has 3 aromatic rings. The first kappa shape index (κ1) is 21.1. The number of ether oxygens (including phenoxy) is 4. The second-order valence-electron chi connectivity index (χ2n) is 7.47. The summed E-state index contributed by atoms with van der Waals surface area (Å²) >= 11 is 0. The summed E-state index contributed by atoms with van der Waals surface area (Å²) in [7, 11) is 4.56. The molecule has 7 nitrogen and oxygen atoms in total. The number of rotatable bonds is 7. The van der Waals surface area contributed by atoms with Crippen LogP contribution in [0.25, 0.3) is 10.9 Å². The van der Waals surface area contributed by atoms with Crippen LogP contribution in [0.2, 0.25) is 0 Å². The van der Waals surface area contributed by atoms with E-state index >= 15 is 0 Å². The minimum atomic E-state index is -0.432. The highest BCUT2D eigenvalue weighted by Gasteiger charge is 2.31. The maximum Gasteiger partial charge on any atom is 0.338 e. The Morgan fingerprint density at radius 2 is 1.81 bits per heavy atom. The van der Waals surface area contributed by atoms with Crippen LogP contribution in [0, 0.1) is 0 Å². The van der Waals surface area contributed by atoms with Crippen molar-refractivity contribution in [2.45, 2.75) is 19.4 Å². The molecule has 1 unspecified atom stereocenters. The number of carbonyl (C=O) groups is 1. The third-order valence-corrected chi connectivity index (χ3v) is 5.95. The molecule has 0 amide bonds. The number of benzene rings is 2. The second kappa shape index (κ2) is 8.89. The number of nitrogens with zero attached hydrogens (tertiary/aromatic N) is 1. The van der Waals surface area contributed by atoms with Crippen molar-refractivity contribution in [3.63, 3.8) is 0 Å². The van der Waals surface area contributed by atoms with Crippen molar-refractivity contribution >= 4 is 16.9 Å². The Morgan fingerprint density at radius 1 is 1.10 bits per heavy atom. The van der Waals surface area contributed by atoms with E-state index in [4.69, 9.17) is 18.9 Å².